The average molecular weight is 397 g/mol. The molecule has 2 saturated heterocycles. The number of rotatable bonds is 3. The van der Waals surface area contributed by atoms with E-state index in [1.54, 1.807) is 12.1 Å². The highest BCUT2D eigenvalue weighted by atomic mass is 35.5. The van der Waals surface area contributed by atoms with E-state index < -0.39 is 0 Å². The highest BCUT2D eigenvalue weighted by molar-refractivity contribution is 6.30. The summed E-state index contributed by atoms with van der Waals surface area (Å²) in [6.45, 7) is 0. The topological polar surface area (TPSA) is 29.3 Å². The molecule has 4 atom stereocenters. The van der Waals surface area contributed by atoms with Crippen LogP contribution in [0.1, 0.15) is 42.4 Å². The van der Waals surface area contributed by atoms with Crippen LogP contribution in [0.3, 0.4) is 0 Å². The van der Waals surface area contributed by atoms with E-state index in [9.17, 15) is 4.39 Å². The fourth-order valence-electron chi connectivity index (χ4n) is 5.11. The van der Waals surface area contributed by atoms with Gasteiger partial charge in [0.2, 0.25) is 0 Å². The summed E-state index contributed by atoms with van der Waals surface area (Å²) in [5, 5.41) is 5.06. The Kier molecular flexibility index (Phi) is 4.48. The Balaban J connectivity index is 1.53. The Labute approximate surface area is 169 Å². The quantitative estimate of drug-likeness (QED) is 0.554. The monoisotopic (exact) mass is 396 g/mol. The Bertz CT molecular complexity index is 969. The number of hydrogen-bond donors (Lipinski definition) is 0. The van der Waals surface area contributed by atoms with Crippen LogP contribution >= 0.6 is 11.6 Å². The average Bonchev–Trinajstić information content (AvgIpc) is 3.26. The summed E-state index contributed by atoms with van der Waals surface area (Å²) >= 11 is 6.12. The highest BCUT2D eigenvalue weighted by Crippen LogP contribution is 2.51. The fraction of sp³-hybridized carbons (Fsp3) is 0.348. The standard InChI is InChI=1S/C23H22ClFN2O/c1-27-18-10-11-21(27)23(19(12-18)14-2-6-16(24)7-3-14)22-13-20(26-28-22)15-4-8-17(25)9-5-15/h2-9,13,18-19,21,23H,10-12H2,1H3/t18-,19+,21+,23-/m0/s1. The molecule has 3 nitrogen and oxygen atoms in total. The van der Waals surface area contributed by atoms with Crippen molar-refractivity contribution in [3.63, 3.8) is 0 Å². The van der Waals surface area contributed by atoms with Crippen molar-refractivity contribution < 1.29 is 8.91 Å². The predicted molar refractivity (Wildman–Crippen MR) is 108 cm³/mol. The third-order valence-corrected chi connectivity index (χ3v) is 6.82. The maximum absolute atomic E-state index is 13.3. The summed E-state index contributed by atoms with van der Waals surface area (Å²) in [6.07, 6.45) is 3.50. The molecule has 2 aromatic carbocycles. The zero-order valence-electron chi connectivity index (χ0n) is 15.7. The first-order valence-corrected chi connectivity index (χ1v) is 10.2. The Morgan fingerprint density at radius 1 is 1.07 bits per heavy atom. The van der Waals surface area contributed by atoms with Crippen molar-refractivity contribution in [1.29, 1.82) is 0 Å². The van der Waals surface area contributed by atoms with E-state index in [1.165, 1.54) is 30.5 Å². The number of aromatic nitrogens is 1. The molecular formula is C23H22ClFN2O. The number of fused-ring (bicyclic) bond motifs is 2. The lowest BCUT2D eigenvalue weighted by Gasteiger charge is -2.42. The summed E-state index contributed by atoms with van der Waals surface area (Å²) in [7, 11) is 2.23. The van der Waals surface area contributed by atoms with Gasteiger partial charge in [-0.15, -0.1) is 0 Å². The summed E-state index contributed by atoms with van der Waals surface area (Å²) < 4.78 is 19.1. The summed E-state index contributed by atoms with van der Waals surface area (Å²) in [5.74, 6) is 1.28. The largest absolute Gasteiger partial charge is 0.360 e. The first kappa shape index (κ1) is 17.9. The second-order valence-electron chi connectivity index (χ2n) is 8.00. The number of nitrogens with zero attached hydrogens (tertiary/aromatic N) is 2. The van der Waals surface area contributed by atoms with Crippen LogP contribution in [0.4, 0.5) is 4.39 Å². The van der Waals surface area contributed by atoms with E-state index in [0.717, 1.165) is 28.5 Å². The maximum atomic E-state index is 13.3. The molecule has 0 unspecified atom stereocenters. The normalized spacial score (nSPS) is 27.2. The van der Waals surface area contributed by atoms with Gasteiger partial charge in [0.25, 0.3) is 0 Å². The van der Waals surface area contributed by atoms with E-state index >= 15 is 0 Å². The molecule has 3 aromatic rings. The molecule has 0 amide bonds. The Morgan fingerprint density at radius 2 is 1.82 bits per heavy atom. The molecular weight excluding hydrogens is 375 g/mol. The first-order valence-electron chi connectivity index (χ1n) is 9.80. The highest BCUT2D eigenvalue weighted by Gasteiger charge is 2.48. The third-order valence-electron chi connectivity index (χ3n) is 6.56. The molecule has 3 heterocycles. The van der Waals surface area contributed by atoms with E-state index in [-0.39, 0.29) is 11.7 Å². The summed E-state index contributed by atoms with van der Waals surface area (Å²) in [4.78, 5) is 2.51. The van der Waals surface area contributed by atoms with Gasteiger partial charge in [-0.2, -0.15) is 0 Å². The van der Waals surface area contributed by atoms with Crippen LogP contribution in [0, 0.1) is 5.82 Å². The van der Waals surface area contributed by atoms with Crippen molar-refractivity contribution in [3.05, 3.63) is 76.8 Å². The SMILES string of the molecule is CN1[C@H]2CC[C@@H]1[C@@H](c1cc(-c3ccc(F)cc3)no1)[C@@H](c1ccc(Cl)cc1)C2. The molecule has 0 spiro atoms. The van der Waals surface area contributed by atoms with Crippen LogP contribution in [-0.2, 0) is 0 Å². The van der Waals surface area contributed by atoms with Gasteiger partial charge >= 0.3 is 0 Å². The second kappa shape index (κ2) is 7.02. The van der Waals surface area contributed by atoms with Gasteiger partial charge in [-0.3, -0.25) is 4.90 Å². The molecule has 5 heteroatoms. The zero-order valence-corrected chi connectivity index (χ0v) is 16.4. The number of benzene rings is 2. The lowest BCUT2D eigenvalue weighted by atomic mass is 9.75. The van der Waals surface area contributed by atoms with Crippen LogP contribution < -0.4 is 0 Å². The molecule has 0 radical (unpaired) electrons. The summed E-state index contributed by atoms with van der Waals surface area (Å²) in [6, 6.07) is 17.7. The number of likely N-dealkylation sites (N-methyl/N-ethyl adjacent to an activating group) is 1. The van der Waals surface area contributed by atoms with Crippen LogP contribution in [-0.4, -0.2) is 29.2 Å². The first-order chi connectivity index (χ1) is 13.6. The van der Waals surface area contributed by atoms with Gasteiger partial charge in [0.15, 0.2) is 0 Å². The predicted octanol–water partition coefficient (Wildman–Crippen LogP) is 5.87. The minimum atomic E-state index is -0.249. The maximum Gasteiger partial charge on any atom is 0.142 e. The van der Waals surface area contributed by atoms with Gasteiger partial charge in [-0.25, -0.2) is 4.39 Å². The molecule has 2 fully saturated rings. The van der Waals surface area contributed by atoms with Crippen molar-refractivity contribution in [2.45, 2.75) is 43.2 Å². The van der Waals surface area contributed by atoms with E-state index in [2.05, 4.69) is 29.2 Å². The molecule has 2 bridgehead atoms. The molecule has 0 saturated carbocycles. The minimum absolute atomic E-state index is 0.242. The van der Waals surface area contributed by atoms with Gasteiger partial charge in [0.05, 0.1) is 0 Å². The van der Waals surface area contributed by atoms with Crippen molar-refractivity contribution in [2.75, 3.05) is 7.05 Å². The molecule has 1 aromatic heterocycles. The van der Waals surface area contributed by atoms with E-state index in [1.807, 2.05) is 18.2 Å². The van der Waals surface area contributed by atoms with Crippen LogP contribution in [0.15, 0.2) is 59.1 Å². The molecule has 0 N–H and O–H groups in total. The zero-order chi connectivity index (χ0) is 19.3. The van der Waals surface area contributed by atoms with Gasteiger partial charge in [-0.05, 0) is 74.2 Å². The van der Waals surface area contributed by atoms with Gasteiger partial charge in [-0.1, -0.05) is 28.9 Å². The van der Waals surface area contributed by atoms with Crippen molar-refractivity contribution in [1.82, 2.24) is 10.1 Å². The second-order valence-corrected chi connectivity index (χ2v) is 8.44. The van der Waals surface area contributed by atoms with Crippen molar-refractivity contribution in [2.24, 2.45) is 0 Å². The number of hydrogen-bond acceptors (Lipinski definition) is 3. The minimum Gasteiger partial charge on any atom is -0.360 e. The van der Waals surface area contributed by atoms with Gasteiger partial charge in [0, 0.05) is 34.7 Å². The molecule has 5 rings (SSSR count). The van der Waals surface area contributed by atoms with Gasteiger partial charge in [0.1, 0.15) is 17.3 Å². The molecule has 28 heavy (non-hydrogen) atoms. The number of piperidine rings is 1. The summed E-state index contributed by atoms with van der Waals surface area (Å²) in [5.41, 5.74) is 2.93. The van der Waals surface area contributed by atoms with E-state index in [0.29, 0.717) is 18.0 Å². The molecule has 2 aliphatic rings. The third kappa shape index (κ3) is 3.05. The smallest absolute Gasteiger partial charge is 0.142 e. The van der Waals surface area contributed by atoms with Crippen LogP contribution in [0.25, 0.3) is 11.3 Å². The van der Waals surface area contributed by atoms with Crippen LogP contribution in [0.2, 0.25) is 5.02 Å². The Hall–Kier alpha value is -2.17. The van der Waals surface area contributed by atoms with E-state index in [4.69, 9.17) is 16.1 Å². The van der Waals surface area contributed by atoms with Gasteiger partial charge < -0.3 is 4.52 Å². The van der Waals surface area contributed by atoms with Crippen molar-refractivity contribution in [3.8, 4) is 11.3 Å². The van der Waals surface area contributed by atoms with Crippen molar-refractivity contribution >= 4 is 11.6 Å². The lowest BCUT2D eigenvalue weighted by Crippen LogP contribution is -2.44. The molecule has 0 aliphatic carbocycles. The number of halogens is 2. The fourth-order valence-corrected chi connectivity index (χ4v) is 5.24. The Morgan fingerprint density at radius 3 is 2.57 bits per heavy atom. The van der Waals surface area contributed by atoms with Crippen LogP contribution in [0.5, 0.6) is 0 Å². The molecule has 2 aliphatic heterocycles. The lowest BCUT2D eigenvalue weighted by molar-refractivity contribution is 0.122. The molecule has 144 valence electrons.